The molecule has 9 heteroatoms. The van der Waals surface area contributed by atoms with Crippen LogP contribution in [-0.4, -0.2) is 34.4 Å². The predicted molar refractivity (Wildman–Crippen MR) is 87.9 cm³/mol. The van der Waals surface area contributed by atoms with Gasteiger partial charge in [0.25, 0.3) is 0 Å². The third-order valence-corrected chi connectivity index (χ3v) is 4.94. The van der Waals surface area contributed by atoms with Crippen molar-refractivity contribution in [2.45, 2.75) is 25.2 Å². The summed E-state index contributed by atoms with van der Waals surface area (Å²) in [5.74, 6) is 1.62. The van der Waals surface area contributed by atoms with E-state index in [0.717, 1.165) is 30.5 Å². The summed E-state index contributed by atoms with van der Waals surface area (Å²) in [7, 11) is -1.52. The van der Waals surface area contributed by atoms with E-state index < -0.39 is 10.0 Å². The molecule has 0 unspecified atom stereocenters. The van der Waals surface area contributed by atoms with E-state index in [1.807, 2.05) is 11.6 Å². The molecule has 2 aromatic heterocycles. The molecule has 1 aliphatic rings. The first-order valence-corrected chi connectivity index (χ1v) is 9.47. The van der Waals surface area contributed by atoms with Gasteiger partial charge in [-0.3, -0.25) is 4.72 Å². The van der Waals surface area contributed by atoms with Crippen LogP contribution in [-0.2, 0) is 22.5 Å². The van der Waals surface area contributed by atoms with Crippen molar-refractivity contribution in [1.82, 2.24) is 19.7 Å². The number of rotatable bonds is 4. The number of anilines is 1. The first kappa shape index (κ1) is 16.2. The first-order valence-electron chi connectivity index (χ1n) is 7.20. The van der Waals surface area contributed by atoms with Crippen molar-refractivity contribution in [2.75, 3.05) is 11.0 Å². The molecule has 0 saturated heterocycles. The maximum atomic E-state index is 11.5. The number of nitrogens with zero attached hydrogens (tertiary/aromatic N) is 4. The summed E-state index contributed by atoms with van der Waals surface area (Å²) in [5.41, 5.74) is 0.586. The van der Waals surface area contributed by atoms with Gasteiger partial charge in [0.1, 0.15) is 23.1 Å². The molecular weight excluding hydrogens is 338 g/mol. The Morgan fingerprint density at radius 1 is 1.39 bits per heavy atom. The van der Waals surface area contributed by atoms with Gasteiger partial charge in [0.05, 0.1) is 11.7 Å². The molecular formula is C14H18ClN5O2S. The van der Waals surface area contributed by atoms with Crippen molar-refractivity contribution < 1.29 is 8.42 Å². The number of hydrogen-bond donors (Lipinski definition) is 1. The molecule has 1 fully saturated rings. The quantitative estimate of drug-likeness (QED) is 0.846. The number of sulfonamides is 1. The minimum absolute atomic E-state index is 0.219. The van der Waals surface area contributed by atoms with Gasteiger partial charge in [0.15, 0.2) is 0 Å². The Hall–Kier alpha value is -1.67. The Morgan fingerprint density at radius 2 is 2.09 bits per heavy atom. The van der Waals surface area contributed by atoms with Gasteiger partial charge in [-0.1, -0.05) is 18.5 Å². The fraction of sp³-hybridized carbons (Fsp3) is 0.500. The zero-order chi connectivity index (χ0) is 16.8. The van der Waals surface area contributed by atoms with Crippen molar-refractivity contribution in [3.05, 3.63) is 35.0 Å². The molecule has 0 bridgehead atoms. The Bertz CT molecular complexity index is 843. The van der Waals surface area contributed by atoms with E-state index in [-0.39, 0.29) is 16.4 Å². The van der Waals surface area contributed by atoms with Crippen LogP contribution in [0.1, 0.15) is 31.2 Å². The van der Waals surface area contributed by atoms with Crippen LogP contribution in [0.5, 0.6) is 0 Å². The highest BCUT2D eigenvalue weighted by atomic mass is 35.5. The molecule has 2 heterocycles. The van der Waals surface area contributed by atoms with E-state index in [4.69, 9.17) is 11.6 Å². The highest BCUT2D eigenvalue weighted by Crippen LogP contribution is 2.52. The number of nitrogens with one attached hydrogen (secondary N) is 1. The Morgan fingerprint density at radius 3 is 2.61 bits per heavy atom. The predicted octanol–water partition coefficient (Wildman–Crippen LogP) is 1.95. The van der Waals surface area contributed by atoms with Crippen LogP contribution < -0.4 is 4.72 Å². The van der Waals surface area contributed by atoms with Gasteiger partial charge in [-0.05, 0) is 36.5 Å². The number of aromatic nitrogens is 4. The number of hydrogen-bond acceptors (Lipinski definition) is 5. The maximum Gasteiger partial charge on any atom is 0.230 e. The summed E-state index contributed by atoms with van der Waals surface area (Å²) in [5, 5.41) is 8.49. The molecule has 3 rings (SSSR count). The van der Waals surface area contributed by atoms with Gasteiger partial charge in [0.2, 0.25) is 10.0 Å². The van der Waals surface area contributed by atoms with E-state index in [1.165, 1.54) is 0 Å². The molecule has 124 valence electrons. The topological polar surface area (TPSA) is 89.8 Å². The van der Waals surface area contributed by atoms with Crippen molar-refractivity contribution in [3.8, 4) is 0 Å². The van der Waals surface area contributed by atoms with Crippen molar-refractivity contribution >= 4 is 27.4 Å². The summed E-state index contributed by atoms with van der Waals surface area (Å²) in [6, 6.07) is 3.50. The molecule has 7 nitrogen and oxygen atoms in total. The standard InChI is InChI=1S/C14H18ClN5O2S/c1-9-6-14(7-9,13-18-16-8-20(13)2)10-4-11(15)17-12(5-10)19-23(3,21)22/h4-5,8-9H,6-7H2,1-3H3,(H,17,19). The van der Waals surface area contributed by atoms with E-state index in [9.17, 15) is 8.42 Å². The smallest absolute Gasteiger partial charge is 0.230 e. The average Bonchev–Trinajstić information content (AvgIpc) is 2.78. The molecule has 1 N–H and O–H groups in total. The molecule has 0 radical (unpaired) electrons. The first-order chi connectivity index (χ1) is 10.7. The lowest BCUT2D eigenvalue weighted by atomic mass is 9.58. The van der Waals surface area contributed by atoms with Crippen molar-refractivity contribution in [1.29, 1.82) is 0 Å². The van der Waals surface area contributed by atoms with Crippen LogP contribution in [0, 0.1) is 5.92 Å². The fourth-order valence-corrected chi connectivity index (χ4v) is 4.10. The molecule has 0 aliphatic heterocycles. The summed E-state index contributed by atoms with van der Waals surface area (Å²) < 4.78 is 27.2. The van der Waals surface area contributed by atoms with Gasteiger partial charge in [-0.2, -0.15) is 0 Å². The third kappa shape index (κ3) is 3.05. The second-order valence-electron chi connectivity index (χ2n) is 6.30. The molecule has 0 aromatic carbocycles. The molecule has 1 aliphatic carbocycles. The summed E-state index contributed by atoms with van der Waals surface area (Å²) in [6.07, 6.45) is 4.55. The zero-order valence-corrected chi connectivity index (χ0v) is 14.7. The van der Waals surface area contributed by atoms with E-state index in [0.29, 0.717) is 5.92 Å². The van der Waals surface area contributed by atoms with Crippen LogP contribution in [0.25, 0.3) is 0 Å². The van der Waals surface area contributed by atoms with Gasteiger partial charge < -0.3 is 4.57 Å². The molecule has 0 atom stereocenters. The zero-order valence-electron chi connectivity index (χ0n) is 13.1. The van der Waals surface area contributed by atoms with E-state index >= 15 is 0 Å². The lowest BCUT2D eigenvalue weighted by molar-refractivity contribution is 0.185. The number of halogens is 1. The minimum Gasteiger partial charge on any atom is -0.320 e. The van der Waals surface area contributed by atoms with Gasteiger partial charge in [-0.15, -0.1) is 10.2 Å². The Balaban J connectivity index is 2.10. The van der Waals surface area contributed by atoms with E-state index in [2.05, 4.69) is 26.8 Å². The second kappa shape index (κ2) is 5.45. The molecule has 0 spiro atoms. The molecule has 1 saturated carbocycles. The number of aryl methyl sites for hydroxylation is 1. The average molecular weight is 356 g/mol. The van der Waals surface area contributed by atoms with Gasteiger partial charge >= 0.3 is 0 Å². The monoisotopic (exact) mass is 355 g/mol. The van der Waals surface area contributed by atoms with Crippen LogP contribution in [0.4, 0.5) is 5.82 Å². The largest absolute Gasteiger partial charge is 0.320 e. The van der Waals surface area contributed by atoms with Gasteiger partial charge in [0, 0.05) is 7.05 Å². The highest BCUT2D eigenvalue weighted by Gasteiger charge is 2.48. The minimum atomic E-state index is -3.42. The Labute approximate surface area is 140 Å². The van der Waals surface area contributed by atoms with Crippen molar-refractivity contribution in [2.24, 2.45) is 13.0 Å². The second-order valence-corrected chi connectivity index (χ2v) is 8.43. The van der Waals surface area contributed by atoms with Crippen LogP contribution in [0.15, 0.2) is 18.5 Å². The SMILES string of the molecule is CC1CC(c2cc(Cl)nc(NS(C)(=O)=O)c2)(c2nncn2C)C1. The summed E-state index contributed by atoms with van der Waals surface area (Å²) in [6.45, 7) is 2.17. The normalized spacial score (nSPS) is 24.3. The molecule has 2 aromatic rings. The van der Waals surface area contributed by atoms with E-state index in [1.54, 1.807) is 18.5 Å². The van der Waals surface area contributed by atoms with Crippen molar-refractivity contribution in [3.63, 3.8) is 0 Å². The lowest BCUT2D eigenvalue weighted by Crippen LogP contribution is -2.43. The fourth-order valence-electron chi connectivity index (χ4n) is 3.41. The van der Waals surface area contributed by atoms with Crippen LogP contribution in [0.2, 0.25) is 5.15 Å². The number of pyridine rings is 1. The van der Waals surface area contributed by atoms with Gasteiger partial charge in [-0.25, -0.2) is 13.4 Å². The highest BCUT2D eigenvalue weighted by molar-refractivity contribution is 7.92. The van der Waals surface area contributed by atoms with Crippen LogP contribution in [0.3, 0.4) is 0 Å². The summed E-state index contributed by atoms with van der Waals surface area (Å²) in [4.78, 5) is 4.05. The third-order valence-electron chi connectivity index (χ3n) is 4.17. The van der Waals surface area contributed by atoms with Crippen LogP contribution >= 0.6 is 11.6 Å². The molecule has 0 amide bonds. The maximum absolute atomic E-state index is 11.5. The lowest BCUT2D eigenvalue weighted by Gasteiger charge is -2.46. The summed E-state index contributed by atoms with van der Waals surface area (Å²) >= 11 is 6.11. The molecule has 23 heavy (non-hydrogen) atoms. The Kier molecular flexibility index (Phi) is 3.84.